The molecular weight excluding hydrogens is 330 g/mol. The van der Waals surface area contributed by atoms with Gasteiger partial charge in [-0.1, -0.05) is 31.2 Å². The number of rotatable bonds is 8. The molecule has 0 aliphatic heterocycles. The lowest BCUT2D eigenvalue weighted by atomic mass is 10.1. The Hall–Kier alpha value is -2.69. The van der Waals surface area contributed by atoms with E-state index in [0.29, 0.717) is 13.2 Å². The highest BCUT2D eigenvalue weighted by atomic mass is 16.6. The van der Waals surface area contributed by atoms with Crippen molar-refractivity contribution < 1.29 is 18.7 Å². The molecule has 0 atom stereocenters. The minimum atomic E-state index is 0.391. The third kappa shape index (κ3) is 6.31. The van der Waals surface area contributed by atoms with Crippen molar-refractivity contribution in [3.8, 4) is 11.5 Å². The van der Waals surface area contributed by atoms with Gasteiger partial charge < -0.3 is 18.7 Å². The Bertz CT molecular complexity index is 694. The van der Waals surface area contributed by atoms with E-state index in [0.717, 1.165) is 33.8 Å². The van der Waals surface area contributed by atoms with Gasteiger partial charge in [0.15, 0.2) is 0 Å². The second kappa shape index (κ2) is 11.8. The fraction of sp³-hybridized carbons (Fsp3) is 0.381. The molecule has 0 bridgehead atoms. The number of hydrogen-bond donors (Lipinski definition) is 0. The molecule has 142 valence electrons. The number of aryl methyl sites for hydroxylation is 2. The van der Waals surface area contributed by atoms with Crippen LogP contribution < -0.4 is 9.47 Å². The van der Waals surface area contributed by atoms with Crippen LogP contribution in [0.4, 0.5) is 0 Å². The van der Waals surface area contributed by atoms with Gasteiger partial charge in [-0.2, -0.15) is 0 Å². The maximum Gasteiger partial charge on any atom is 0.125 e. The second-order valence-electron chi connectivity index (χ2n) is 5.32. The molecule has 2 rings (SSSR count). The molecule has 5 heteroatoms. The monoisotopic (exact) mass is 359 g/mol. The standard InChI is InChI=1S/C19H23NO4.C2H6/c1-5-6-7-23-18-8-14(2)19(15(3)9-18)24-13-17-12-22-11-16(17)10-20-21-4;1-2/h5-6,8-12H,7,13H2,1-4H3;1-2H3/b6-5+,20-10-;. The Kier molecular flexibility index (Phi) is 9.69. The highest BCUT2D eigenvalue weighted by molar-refractivity contribution is 5.80. The molecule has 1 aromatic heterocycles. The van der Waals surface area contributed by atoms with Gasteiger partial charge in [-0.25, -0.2) is 0 Å². The van der Waals surface area contributed by atoms with Crippen molar-refractivity contribution in [2.24, 2.45) is 5.16 Å². The summed E-state index contributed by atoms with van der Waals surface area (Å²) >= 11 is 0. The van der Waals surface area contributed by atoms with Gasteiger partial charge in [0.25, 0.3) is 0 Å². The number of oxime groups is 1. The van der Waals surface area contributed by atoms with Gasteiger partial charge in [-0.05, 0) is 44.0 Å². The fourth-order valence-electron chi connectivity index (χ4n) is 2.29. The van der Waals surface area contributed by atoms with Crippen molar-refractivity contribution in [1.82, 2.24) is 0 Å². The molecule has 0 radical (unpaired) electrons. The lowest BCUT2D eigenvalue weighted by molar-refractivity contribution is 0.215. The smallest absolute Gasteiger partial charge is 0.125 e. The Morgan fingerprint density at radius 1 is 1.08 bits per heavy atom. The Balaban J connectivity index is 0.00000163. The van der Waals surface area contributed by atoms with E-state index in [2.05, 4.69) is 5.16 Å². The van der Waals surface area contributed by atoms with Crippen LogP contribution in [0, 0.1) is 13.8 Å². The number of ether oxygens (including phenoxy) is 2. The predicted molar refractivity (Wildman–Crippen MR) is 105 cm³/mol. The molecule has 0 aliphatic carbocycles. The molecule has 26 heavy (non-hydrogen) atoms. The summed E-state index contributed by atoms with van der Waals surface area (Å²) in [5, 5.41) is 3.75. The van der Waals surface area contributed by atoms with Crippen LogP contribution in [0.5, 0.6) is 11.5 Å². The van der Waals surface area contributed by atoms with Crippen LogP contribution in [0.1, 0.15) is 43.0 Å². The summed E-state index contributed by atoms with van der Waals surface area (Å²) in [5.74, 6) is 1.69. The molecule has 0 fully saturated rings. The minimum Gasteiger partial charge on any atom is -0.490 e. The van der Waals surface area contributed by atoms with Crippen LogP contribution >= 0.6 is 0 Å². The van der Waals surface area contributed by atoms with E-state index in [-0.39, 0.29) is 0 Å². The quantitative estimate of drug-likeness (QED) is 0.358. The largest absolute Gasteiger partial charge is 0.490 e. The lowest BCUT2D eigenvalue weighted by Crippen LogP contribution is -2.01. The Labute approximate surface area is 156 Å². The van der Waals surface area contributed by atoms with Crippen molar-refractivity contribution >= 4 is 6.21 Å². The van der Waals surface area contributed by atoms with Gasteiger partial charge in [0.1, 0.15) is 31.8 Å². The zero-order valence-electron chi connectivity index (χ0n) is 16.5. The molecule has 0 N–H and O–H groups in total. The van der Waals surface area contributed by atoms with Gasteiger partial charge >= 0.3 is 0 Å². The molecule has 0 saturated heterocycles. The third-order valence-corrected chi connectivity index (χ3v) is 3.46. The average molecular weight is 359 g/mol. The molecule has 1 aromatic carbocycles. The molecule has 1 heterocycles. The summed E-state index contributed by atoms with van der Waals surface area (Å²) in [7, 11) is 1.50. The number of benzene rings is 1. The third-order valence-electron chi connectivity index (χ3n) is 3.46. The summed E-state index contributed by atoms with van der Waals surface area (Å²) in [6.07, 6.45) is 8.79. The van der Waals surface area contributed by atoms with E-state index < -0.39 is 0 Å². The zero-order chi connectivity index (χ0) is 19.4. The van der Waals surface area contributed by atoms with E-state index in [4.69, 9.17) is 18.7 Å². The van der Waals surface area contributed by atoms with Gasteiger partial charge in [0, 0.05) is 11.1 Å². The topological polar surface area (TPSA) is 53.2 Å². The van der Waals surface area contributed by atoms with Crippen molar-refractivity contribution in [1.29, 1.82) is 0 Å². The summed E-state index contributed by atoms with van der Waals surface area (Å²) in [6.45, 7) is 10.9. The van der Waals surface area contributed by atoms with Crippen LogP contribution in [0.25, 0.3) is 0 Å². The average Bonchev–Trinajstić information content (AvgIpc) is 3.08. The summed E-state index contributed by atoms with van der Waals surface area (Å²) in [6, 6.07) is 3.96. The maximum atomic E-state index is 5.98. The van der Waals surface area contributed by atoms with Crippen LogP contribution in [0.2, 0.25) is 0 Å². The summed E-state index contributed by atoms with van der Waals surface area (Å²) in [5.41, 5.74) is 3.80. The van der Waals surface area contributed by atoms with Crippen LogP contribution in [0.3, 0.4) is 0 Å². The van der Waals surface area contributed by atoms with Gasteiger partial charge in [-0.3, -0.25) is 0 Å². The Morgan fingerprint density at radius 3 is 2.38 bits per heavy atom. The highest BCUT2D eigenvalue weighted by Crippen LogP contribution is 2.29. The number of allylic oxidation sites excluding steroid dienone is 1. The van der Waals surface area contributed by atoms with Crippen LogP contribution in [-0.4, -0.2) is 19.9 Å². The molecular formula is C21H29NO4. The number of nitrogens with zero attached hydrogens (tertiary/aromatic N) is 1. The fourth-order valence-corrected chi connectivity index (χ4v) is 2.29. The minimum absolute atomic E-state index is 0.391. The first-order valence-corrected chi connectivity index (χ1v) is 8.75. The first-order chi connectivity index (χ1) is 12.7. The van der Waals surface area contributed by atoms with Gasteiger partial charge in [0.2, 0.25) is 0 Å². The normalized spacial score (nSPS) is 10.7. The van der Waals surface area contributed by atoms with Gasteiger partial charge in [-0.15, -0.1) is 0 Å². The SMILES string of the molecule is C/C=C/COc1cc(C)c(OCc2cocc2/C=N\OC)c(C)c1.CC. The van der Waals surface area contributed by atoms with Gasteiger partial charge in [0.05, 0.1) is 18.7 Å². The first kappa shape index (κ1) is 21.4. The van der Waals surface area contributed by atoms with Crippen LogP contribution in [0.15, 0.2) is 46.4 Å². The predicted octanol–water partition coefficient (Wildman–Crippen LogP) is 5.44. The van der Waals surface area contributed by atoms with E-state index in [9.17, 15) is 0 Å². The maximum absolute atomic E-state index is 5.98. The van der Waals surface area contributed by atoms with Crippen LogP contribution in [-0.2, 0) is 11.4 Å². The lowest BCUT2D eigenvalue weighted by Gasteiger charge is -2.14. The summed E-state index contributed by atoms with van der Waals surface area (Å²) < 4.78 is 16.9. The Morgan fingerprint density at radius 2 is 1.77 bits per heavy atom. The molecule has 0 unspecified atom stereocenters. The molecule has 0 aliphatic rings. The molecule has 0 amide bonds. The first-order valence-electron chi connectivity index (χ1n) is 8.75. The summed E-state index contributed by atoms with van der Waals surface area (Å²) in [4.78, 5) is 4.69. The molecule has 2 aromatic rings. The van der Waals surface area contributed by atoms with E-state index in [1.807, 2.05) is 58.9 Å². The number of hydrogen-bond acceptors (Lipinski definition) is 5. The highest BCUT2D eigenvalue weighted by Gasteiger charge is 2.10. The van der Waals surface area contributed by atoms with E-state index in [1.54, 1.807) is 18.7 Å². The zero-order valence-corrected chi connectivity index (χ0v) is 16.5. The molecule has 5 nitrogen and oxygen atoms in total. The molecule has 0 saturated carbocycles. The number of furan rings is 1. The van der Waals surface area contributed by atoms with Crippen molar-refractivity contribution in [3.63, 3.8) is 0 Å². The van der Waals surface area contributed by atoms with Crippen molar-refractivity contribution in [2.75, 3.05) is 13.7 Å². The second-order valence-corrected chi connectivity index (χ2v) is 5.32. The van der Waals surface area contributed by atoms with Crippen molar-refractivity contribution in [2.45, 2.75) is 41.2 Å². The van der Waals surface area contributed by atoms with E-state index >= 15 is 0 Å². The van der Waals surface area contributed by atoms with Crippen molar-refractivity contribution in [3.05, 3.63) is 59.1 Å². The molecule has 0 spiro atoms. The van der Waals surface area contributed by atoms with E-state index in [1.165, 1.54) is 7.11 Å².